The van der Waals surface area contributed by atoms with Crippen LogP contribution in [0.4, 0.5) is 28.4 Å². The Morgan fingerprint density at radius 2 is 0.860 bits per heavy atom. The Morgan fingerprint density at radius 3 is 1.40 bits per heavy atom. The third kappa shape index (κ3) is 5.51. The van der Waals surface area contributed by atoms with Crippen molar-refractivity contribution < 1.29 is 0 Å². The van der Waals surface area contributed by atoms with Crippen LogP contribution in [0.15, 0.2) is 200 Å². The van der Waals surface area contributed by atoms with Crippen LogP contribution >= 0.6 is 0 Å². The molecule has 0 spiro atoms. The van der Waals surface area contributed by atoms with E-state index in [9.17, 15) is 0 Å². The Kier molecular flexibility index (Phi) is 7.68. The Morgan fingerprint density at radius 1 is 0.420 bits per heavy atom. The first-order valence-electron chi connectivity index (χ1n) is 17.4. The van der Waals surface area contributed by atoms with Gasteiger partial charge in [-0.1, -0.05) is 140 Å². The van der Waals surface area contributed by atoms with E-state index in [2.05, 4.69) is 210 Å². The molecule has 0 fully saturated rings. The fourth-order valence-electron chi connectivity index (χ4n) is 7.51. The highest BCUT2D eigenvalue weighted by atomic mass is 15.2. The summed E-state index contributed by atoms with van der Waals surface area (Å²) in [5.74, 6) is 0. The maximum absolute atomic E-state index is 2.50. The first-order valence-corrected chi connectivity index (χ1v) is 17.4. The van der Waals surface area contributed by atoms with Crippen LogP contribution in [0.2, 0.25) is 0 Å². The van der Waals surface area contributed by atoms with Gasteiger partial charge in [0, 0.05) is 34.0 Å². The summed E-state index contributed by atoms with van der Waals surface area (Å²) in [5, 5.41) is 0. The minimum Gasteiger partial charge on any atom is -0.333 e. The van der Waals surface area contributed by atoms with E-state index in [1.54, 1.807) is 0 Å². The molecule has 0 saturated carbocycles. The molecule has 0 aromatic heterocycles. The molecule has 1 aliphatic carbocycles. The quantitative estimate of drug-likeness (QED) is 0.171. The average molecular weight is 641 g/mol. The predicted molar refractivity (Wildman–Crippen MR) is 211 cm³/mol. The van der Waals surface area contributed by atoms with Crippen LogP contribution in [0.5, 0.6) is 0 Å². The molecule has 50 heavy (non-hydrogen) atoms. The summed E-state index contributed by atoms with van der Waals surface area (Å²) in [4.78, 5) is 4.85. The molecule has 2 heteroatoms. The van der Waals surface area contributed by atoms with Gasteiger partial charge in [-0.2, -0.15) is 0 Å². The van der Waals surface area contributed by atoms with Gasteiger partial charge < -0.3 is 9.80 Å². The van der Waals surface area contributed by atoms with Crippen LogP contribution in [-0.4, -0.2) is 6.04 Å². The highest BCUT2D eigenvalue weighted by Gasteiger charge is 2.35. The number of rotatable bonds is 7. The van der Waals surface area contributed by atoms with E-state index in [0.29, 0.717) is 6.04 Å². The first kappa shape index (κ1) is 29.7. The summed E-state index contributed by atoms with van der Waals surface area (Å²) in [6, 6.07) is 67.9. The molecule has 0 saturated heterocycles. The van der Waals surface area contributed by atoms with Crippen LogP contribution in [-0.2, 0) is 0 Å². The highest BCUT2D eigenvalue weighted by molar-refractivity contribution is 5.98. The topological polar surface area (TPSA) is 6.48 Å². The van der Waals surface area contributed by atoms with E-state index in [-0.39, 0.29) is 0 Å². The minimum atomic E-state index is 0.297. The second-order valence-electron chi connectivity index (χ2n) is 12.9. The van der Waals surface area contributed by atoms with Crippen molar-refractivity contribution in [2.75, 3.05) is 9.80 Å². The van der Waals surface area contributed by atoms with Crippen molar-refractivity contribution >= 4 is 39.6 Å². The van der Waals surface area contributed by atoms with E-state index < -0.39 is 0 Å². The average Bonchev–Trinajstić information content (AvgIpc) is 3.53. The lowest BCUT2D eigenvalue weighted by atomic mass is 9.89. The zero-order chi connectivity index (χ0) is 33.3. The zero-order valence-corrected chi connectivity index (χ0v) is 27.7. The number of benzene rings is 7. The molecular weight excluding hydrogens is 605 g/mol. The van der Waals surface area contributed by atoms with Crippen molar-refractivity contribution in [3.05, 3.63) is 211 Å². The van der Waals surface area contributed by atoms with Crippen LogP contribution in [0, 0.1) is 0 Å². The molecule has 2 nitrogen and oxygen atoms in total. The lowest BCUT2D eigenvalue weighted by Crippen LogP contribution is -2.27. The van der Waals surface area contributed by atoms with Gasteiger partial charge in [0.2, 0.25) is 0 Å². The minimum absolute atomic E-state index is 0.297. The number of para-hydroxylation sites is 2. The summed E-state index contributed by atoms with van der Waals surface area (Å²) < 4.78 is 0. The van der Waals surface area contributed by atoms with Gasteiger partial charge in [-0.3, -0.25) is 0 Å². The van der Waals surface area contributed by atoms with Gasteiger partial charge in [-0.05, 0) is 106 Å². The second kappa shape index (κ2) is 12.9. The van der Waals surface area contributed by atoms with Gasteiger partial charge in [0.15, 0.2) is 0 Å². The molecule has 7 aromatic rings. The molecule has 0 N–H and O–H groups in total. The fourth-order valence-corrected chi connectivity index (χ4v) is 7.51. The maximum Gasteiger partial charge on any atom is 0.0633 e. The molecule has 1 atom stereocenters. The molecule has 0 amide bonds. The van der Waals surface area contributed by atoms with Crippen molar-refractivity contribution in [1.82, 2.24) is 0 Å². The first-order chi connectivity index (χ1) is 24.8. The van der Waals surface area contributed by atoms with E-state index in [1.165, 1.54) is 55.9 Å². The number of allylic oxidation sites excluding steroid dienone is 2. The lowest BCUT2D eigenvalue weighted by Gasteiger charge is -2.29. The fraction of sp³-hybridized carbons (Fsp3) is 0.0417. The van der Waals surface area contributed by atoms with Gasteiger partial charge in [-0.25, -0.2) is 0 Å². The Bertz CT molecular complexity index is 2220. The molecule has 2 aliphatic rings. The lowest BCUT2D eigenvalue weighted by molar-refractivity contribution is 0.831. The van der Waals surface area contributed by atoms with E-state index in [1.807, 2.05) is 0 Å². The maximum atomic E-state index is 2.50. The summed E-state index contributed by atoms with van der Waals surface area (Å²) in [6.45, 7) is 0. The largest absolute Gasteiger partial charge is 0.333 e. The van der Waals surface area contributed by atoms with E-state index >= 15 is 0 Å². The van der Waals surface area contributed by atoms with Gasteiger partial charge in [-0.15, -0.1) is 0 Å². The molecule has 7 aromatic carbocycles. The number of hydrogen-bond donors (Lipinski definition) is 0. The summed E-state index contributed by atoms with van der Waals surface area (Å²) >= 11 is 0. The van der Waals surface area contributed by atoms with E-state index in [0.717, 1.165) is 23.5 Å². The number of nitrogens with zero attached hydrogens (tertiary/aromatic N) is 2. The standard InChI is InChI=1S/C48H36N2/c1-4-12-35(13-5-1)37-20-27-42(28-21-37)49(43-29-22-38(23-30-43)36-14-6-2-7-15-36)44-31-24-39(25-32-44)40-26-33-48-46(34-40)45-18-10-11-19-47(45)50(48)41-16-8-3-9-17-41/h1-32,34,48H,33H2. The number of fused-ring (bicyclic) bond motifs is 3. The molecular formula is C48H36N2. The highest BCUT2D eigenvalue weighted by Crippen LogP contribution is 2.49. The molecule has 0 bridgehead atoms. The smallest absolute Gasteiger partial charge is 0.0633 e. The monoisotopic (exact) mass is 640 g/mol. The predicted octanol–water partition coefficient (Wildman–Crippen LogP) is 12.9. The van der Waals surface area contributed by atoms with Gasteiger partial charge in [0.05, 0.1) is 6.04 Å². The van der Waals surface area contributed by atoms with Crippen molar-refractivity contribution in [2.24, 2.45) is 0 Å². The number of hydrogen-bond acceptors (Lipinski definition) is 2. The van der Waals surface area contributed by atoms with Crippen LogP contribution < -0.4 is 9.80 Å². The third-order valence-electron chi connectivity index (χ3n) is 9.98. The van der Waals surface area contributed by atoms with Gasteiger partial charge in [0.25, 0.3) is 0 Å². The van der Waals surface area contributed by atoms with Crippen LogP contribution in [0.1, 0.15) is 17.5 Å². The summed E-state index contributed by atoms with van der Waals surface area (Å²) in [6.07, 6.45) is 5.78. The van der Waals surface area contributed by atoms with Crippen molar-refractivity contribution in [1.29, 1.82) is 0 Å². The zero-order valence-electron chi connectivity index (χ0n) is 27.7. The Hall–Kier alpha value is -6.38. The molecule has 1 heterocycles. The van der Waals surface area contributed by atoms with Gasteiger partial charge >= 0.3 is 0 Å². The van der Waals surface area contributed by atoms with Crippen molar-refractivity contribution in [3.8, 4) is 22.3 Å². The van der Waals surface area contributed by atoms with E-state index in [4.69, 9.17) is 0 Å². The Labute approximate surface area is 294 Å². The molecule has 0 radical (unpaired) electrons. The van der Waals surface area contributed by atoms with Crippen molar-refractivity contribution in [3.63, 3.8) is 0 Å². The van der Waals surface area contributed by atoms with Gasteiger partial charge in [0.1, 0.15) is 0 Å². The third-order valence-corrected chi connectivity index (χ3v) is 9.98. The number of anilines is 5. The Balaban J connectivity index is 1.05. The molecule has 238 valence electrons. The van der Waals surface area contributed by atoms with Crippen molar-refractivity contribution in [2.45, 2.75) is 12.5 Å². The second-order valence-corrected chi connectivity index (χ2v) is 12.9. The molecule has 1 aliphatic heterocycles. The molecule has 9 rings (SSSR count). The summed E-state index contributed by atoms with van der Waals surface area (Å²) in [5.41, 5.74) is 16.0. The van der Waals surface area contributed by atoms with Crippen LogP contribution in [0.25, 0.3) is 33.4 Å². The molecule has 1 unspecified atom stereocenters. The normalized spacial score (nSPS) is 14.7. The SMILES string of the molecule is C1=C(c2ccc(N(c3ccc(-c4ccccc4)cc3)c3ccc(-c4ccccc4)cc3)cc2)C=C2c3ccccc3N(c3ccccc3)C2C1. The summed E-state index contributed by atoms with van der Waals surface area (Å²) in [7, 11) is 0. The van der Waals surface area contributed by atoms with Crippen LogP contribution in [0.3, 0.4) is 0 Å².